The lowest BCUT2D eigenvalue weighted by atomic mass is 10.1. The maximum atomic E-state index is 8.00. The van der Waals surface area contributed by atoms with Gasteiger partial charge in [-0.3, -0.25) is 4.98 Å². The summed E-state index contributed by atoms with van der Waals surface area (Å²) in [5.41, 5.74) is 15.9. The summed E-state index contributed by atoms with van der Waals surface area (Å²) in [5, 5.41) is 0.833. The molecule has 0 aliphatic rings. The predicted octanol–water partition coefficient (Wildman–Crippen LogP) is 3.63. The van der Waals surface area contributed by atoms with Crippen LogP contribution in [0.4, 0.5) is 11.4 Å². The summed E-state index contributed by atoms with van der Waals surface area (Å²) in [6.07, 6.45) is 1.70. The Kier molecular flexibility index (Phi) is 5.44. The molecule has 130 valence electrons. The molecular weight excluding hydrogens is 318 g/mol. The number of methoxy groups -OCH3 is 1. The van der Waals surface area contributed by atoms with Crippen LogP contribution in [-0.4, -0.2) is 18.9 Å². The lowest BCUT2D eigenvalue weighted by Gasteiger charge is -2.14. The van der Waals surface area contributed by atoms with Gasteiger partial charge in [0.15, 0.2) is 0 Å². The van der Waals surface area contributed by atoms with Crippen LogP contribution in [0.1, 0.15) is 11.1 Å². The standard InChI is InChI=1S/C18H19N3O2.CH2O/c1-10-7-17(11(2)6-13(10)19)23-16-4-5-21-15-9-18(22-3)14(20)8-12(15)16;1-2/h4-9H,19-20H2,1-3H3;1H2. The van der Waals surface area contributed by atoms with Crippen molar-refractivity contribution in [3.05, 3.63) is 47.7 Å². The van der Waals surface area contributed by atoms with E-state index in [-0.39, 0.29) is 0 Å². The molecule has 3 aromatic rings. The molecule has 0 bridgehead atoms. The number of carbonyl (C=O) groups excluding carboxylic acids is 1. The van der Waals surface area contributed by atoms with Crippen LogP contribution in [0.25, 0.3) is 10.9 Å². The van der Waals surface area contributed by atoms with Crippen molar-refractivity contribution in [1.29, 1.82) is 0 Å². The monoisotopic (exact) mass is 339 g/mol. The molecule has 0 spiro atoms. The van der Waals surface area contributed by atoms with Gasteiger partial charge in [-0.1, -0.05) is 0 Å². The summed E-state index contributed by atoms with van der Waals surface area (Å²) in [7, 11) is 1.58. The van der Waals surface area contributed by atoms with Crippen LogP contribution in [0.2, 0.25) is 0 Å². The molecule has 0 atom stereocenters. The van der Waals surface area contributed by atoms with E-state index in [2.05, 4.69) is 4.98 Å². The third-order valence-corrected chi connectivity index (χ3v) is 3.84. The zero-order valence-electron chi connectivity index (χ0n) is 14.5. The molecule has 0 amide bonds. The molecule has 25 heavy (non-hydrogen) atoms. The maximum absolute atomic E-state index is 8.00. The Morgan fingerprint density at radius 3 is 2.32 bits per heavy atom. The summed E-state index contributed by atoms with van der Waals surface area (Å²) in [6.45, 7) is 5.92. The fraction of sp³-hybridized carbons (Fsp3) is 0.158. The number of ether oxygens (including phenoxy) is 2. The molecule has 0 unspecified atom stereocenters. The topological polar surface area (TPSA) is 100 Å². The molecule has 3 rings (SSSR count). The largest absolute Gasteiger partial charge is 0.495 e. The molecule has 0 saturated carbocycles. The van der Waals surface area contributed by atoms with Crippen molar-refractivity contribution in [2.45, 2.75) is 13.8 Å². The molecule has 0 radical (unpaired) electrons. The second-order valence-electron chi connectivity index (χ2n) is 5.50. The van der Waals surface area contributed by atoms with Crippen LogP contribution < -0.4 is 20.9 Å². The van der Waals surface area contributed by atoms with Crippen molar-refractivity contribution in [3.8, 4) is 17.2 Å². The normalized spacial score (nSPS) is 10.0. The molecular formula is C19H21N3O3. The van der Waals surface area contributed by atoms with E-state index in [1.54, 1.807) is 19.4 Å². The number of aryl methyl sites for hydroxylation is 2. The molecule has 2 aromatic carbocycles. The van der Waals surface area contributed by atoms with Gasteiger partial charge in [-0.25, -0.2) is 0 Å². The Labute approximate surface area is 146 Å². The van der Waals surface area contributed by atoms with Gasteiger partial charge in [0.05, 0.1) is 18.3 Å². The fourth-order valence-electron chi connectivity index (χ4n) is 2.47. The van der Waals surface area contributed by atoms with Gasteiger partial charge in [-0.2, -0.15) is 0 Å². The molecule has 0 saturated heterocycles. The molecule has 0 fully saturated rings. The average molecular weight is 339 g/mol. The minimum Gasteiger partial charge on any atom is -0.495 e. The number of hydrogen-bond acceptors (Lipinski definition) is 6. The van der Waals surface area contributed by atoms with Gasteiger partial charge >= 0.3 is 0 Å². The van der Waals surface area contributed by atoms with Crippen molar-refractivity contribution in [2.75, 3.05) is 18.6 Å². The Hall–Kier alpha value is -3.28. The highest BCUT2D eigenvalue weighted by atomic mass is 16.5. The number of aromatic nitrogens is 1. The number of carbonyl (C=O) groups is 1. The number of benzene rings is 2. The summed E-state index contributed by atoms with van der Waals surface area (Å²) < 4.78 is 11.3. The quantitative estimate of drug-likeness (QED) is 0.707. The SMILES string of the molecule is C=O.COc1cc2nccc(Oc3cc(C)c(N)cc3C)c2cc1N. The number of rotatable bonds is 3. The zero-order chi connectivity index (χ0) is 18.6. The van der Waals surface area contributed by atoms with Crippen molar-refractivity contribution in [3.63, 3.8) is 0 Å². The van der Waals surface area contributed by atoms with Crippen LogP contribution in [0.15, 0.2) is 36.5 Å². The highest BCUT2D eigenvalue weighted by molar-refractivity contribution is 5.90. The number of pyridine rings is 1. The van der Waals surface area contributed by atoms with Crippen LogP contribution in [-0.2, 0) is 4.79 Å². The first kappa shape index (κ1) is 18.1. The van der Waals surface area contributed by atoms with Crippen LogP contribution >= 0.6 is 0 Å². The van der Waals surface area contributed by atoms with Gasteiger partial charge in [-0.05, 0) is 49.2 Å². The van der Waals surface area contributed by atoms with Crippen LogP contribution in [0, 0.1) is 13.8 Å². The zero-order valence-corrected chi connectivity index (χ0v) is 14.5. The van der Waals surface area contributed by atoms with Gasteiger partial charge in [0.25, 0.3) is 0 Å². The average Bonchev–Trinajstić information content (AvgIpc) is 2.61. The number of nitrogens with zero attached hydrogens (tertiary/aromatic N) is 1. The Morgan fingerprint density at radius 1 is 0.920 bits per heavy atom. The van der Waals surface area contributed by atoms with E-state index in [9.17, 15) is 0 Å². The molecule has 0 aliphatic carbocycles. The van der Waals surface area contributed by atoms with Crippen molar-refractivity contribution in [2.24, 2.45) is 0 Å². The lowest BCUT2D eigenvalue weighted by molar-refractivity contribution is -0.0979. The molecule has 6 nitrogen and oxygen atoms in total. The van der Waals surface area contributed by atoms with Crippen molar-refractivity contribution >= 4 is 29.1 Å². The second kappa shape index (κ2) is 7.53. The van der Waals surface area contributed by atoms with E-state index < -0.39 is 0 Å². The Balaban J connectivity index is 0.00000109. The first-order valence-electron chi connectivity index (χ1n) is 7.55. The van der Waals surface area contributed by atoms with Crippen LogP contribution in [0.3, 0.4) is 0 Å². The lowest BCUT2D eigenvalue weighted by Crippen LogP contribution is -1.96. The maximum Gasteiger partial charge on any atom is 0.143 e. The highest BCUT2D eigenvalue weighted by Gasteiger charge is 2.11. The highest BCUT2D eigenvalue weighted by Crippen LogP contribution is 2.36. The van der Waals surface area contributed by atoms with E-state index in [1.807, 2.05) is 44.9 Å². The van der Waals surface area contributed by atoms with Gasteiger partial charge in [-0.15, -0.1) is 0 Å². The number of anilines is 2. The second-order valence-corrected chi connectivity index (χ2v) is 5.50. The third-order valence-electron chi connectivity index (χ3n) is 3.84. The van der Waals surface area contributed by atoms with E-state index in [1.165, 1.54) is 0 Å². The fourth-order valence-corrected chi connectivity index (χ4v) is 2.47. The molecule has 6 heteroatoms. The summed E-state index contributed by atoms with van der Waals surface area (Å²) in [4.78, 5) is 12.4. The first-order valence-corrected chi connectivity index (χ1v) is 7.55. The molecule has 4 N–H and O–H groups in total. The van der Waals surface area contributed by atoms with E-state index in [4.69, 9.17) is 25.7 Å². The number of nitrogens with two attached hydrogens (primary N) is 2. The van der Waals surface area contributed by atoms with Gasteiger partial charge in [0, 0.05) is 23.3 Å². The Bertz CT molecular complexity index is 910. The minimum atomic E-state index is 0.544. The summed E-state index contributed by atoms with van der Waals surface area (Å²) in [6, 6.07) is 9.28. The Morgan fingerprint density at radius 2 is 1.64 bits per heavy atom. The van der Waals surface area contributed by atoms with Crippen molar-refractivity contribution < 1.29 is 14.3 Å². The van der Waals surface area contributed by atoms with Gasteiger partial charge in [0.1, 0.15) is 24.0 Å². The first-order chi connectivity index (χ1) is 12.0. The summed E-state index contributed by atoms with van der Waals surface area (Å²) >= 11 is 0. The molecule has 0 aliphatic heterocycles. The van der Waals surface area contributed by atoms with Crippen molar-refractivity contribution in [1.82, 2.24) is 4.98 Å². The van der Waals surface area contributed by atoms with E-state index >= 15 is 0 Å². The number of nitrogen functional groups attached to an aromatic ring is 2. The van der Waals surface area contributed by atoms with Gasteiger partial charge < -0.3 is 25.7 Å². The summed E-state index contributed by atoms with van der Waals surface area (Å²) in [5.74, 6) is 2.05. The molecule has 1 aromatic heterocycles. The van der Waals surface area contributed by atoms with Gasteiger partial charge in [0.2, 0.25) is 0 Å². The van der Waals surface area contributed by atoms with Crippen LogP contribution in [0.5, 0.6) is 17.2 Å². The predicted molar refractivity (Wildman–Crippen MR) is 100 cm³/mol. The van der Waals surface area contributed by atoms with E-state index in [0.717, 1.165) is 33.5 Å². The third kappa shape index (κ3) is 3.63. The van der Waals surface area contributed by atoms with E-state index in [0.29, 0.717) is 17.2 Å². The smallest absolute Gasteiger partial charge is 0.143 e. The minimum absolute atomic E-state index is 0.544. The number of fused-ring (bicyclic) bond motifs is 1. The molecule has 1 heterocycles. The number of hydrogen-bond donors (Lipinski definition) is 2.